The number of thiophene rings is 2. The first kappa shape index (κ1) is 21.7. The Morgan fingerprint density at radius 3 is 2.80 bits per heavy atom. The standard InChI is InChI=1S/C21H18ClN3OS3.ClH/c1-25-9-8-13-16(11-25)29-21(24-18(26)10-12-6-7-17(22)27-12)19(13)20-23-14-4-2-3-5-15(14)28-20;/h2-7H,8-11H2,1H3,(H,24,26);1H. The van der Waals surface area contributed by atoms with Crippen LogP contribution in [-0.2, 0) is 24.2 Å². The first-order chi connectivity index (χ1) is 14.1. The molecule has 1 aliphatic heterocycles. The number of carbonyl (C=O) groups excluding carboxylic acids is 1. The van der Waals surface area contributed by atoms with Crippen molar-refractivity contribution in [2.45, 2.75) is 19.4 Å². The third kappa shape index (κ3) is 4.28. The molecule has 0 radical (unpaired) electrons. The predicted octanol–water partition coefficient (Wildman–Crippen LogP) is 6.33. The molecule has 0 fully saturated rings. The average Bonchev–Trinajstić information content (AvgIpc) is 3.37. The van der Waals surface area contributed by atoms with Crippen molar-refractivity contribution < 1.29 is 4.79 Å². The van der Waals surface area contributed by atoms with Gasteiger partial charge in [-0.25, -0.2) is 4.98 Å². The SMILES string of the molecule is CN1CCc2c(sc(NC(=O)Cc3ccc(Cl)s3)c2-c2nc3ccccc3s2)C1.Cl. The number of para-hydroxylation sites is 1. The van der Waals surface area contributed by atoms with Crippen LogP contribution in [0.25, 0.3) is 20.8 Å². The zero-order chi connectivity index (χ0) is 20.0. The number of nitrogens with one attached hydrogen (secondary N) is 1. The summed E-state index contributed by atoms with van der Waals surface area (Å²) >= 11 is 10.8. The highest BCUT2D eigenvalue weighted by atomic mass is 35.5. The second-order valence-electron chi connectivity index (χ2n) is 7.11. The number of amides is 1. The Hall–Kier alpha value is -1.48. The normalized spacial score (nSPS) is 13.8. The molecule has 3 aromatic heterocycles. The molecule has 1 N–H and O–H groups in total. The third-order valence-electron chi connectivity index (χ3n) is 4.97. The monoisotopic (exact) mass is 495 g/mol. The number of hydrogen-bond acceptors (Lipinski definition) is 6. The van der Waals surface area contributed by atoms with E-state index in [1.165, 1.54) is 26.5 Å². The topological polar surface area (TPSA) is 45.2 Å². The summed E-state index contributed by atoms with van der Waals surface area (Å²) in [5, 5.41) is 5.08. The van der Waals surface area contributed by atoms with E-state index >= 15 is 0 Å². The van der Waals surface area contributed by atoms with Crippen molar-refractivity contribution in [3.63, 3.8) is 0 Å². The van der Waals surface area contributed by atoms with Crippen molar-refractivity contribution >= 4 is 79.1 Å². The van der Waals surface area contributed by atoms with E-state index in [0.717, 1.165) is 45.5 Å². The van der Waals surface area contributed by atoms with Crippen LogP contribution in [0.1, 0.15) is 15.3 Å². The molecule has 4 nitrogen and oxygen atoms in total. The van der Waals surface area contributed by atoms with Gasteiger partial charge >= 0.3 is 0 Å². The molecule has 9 heteroatoms. The average molecular weight is 497 g/mol. The number of halogens is 2. The molecule has 1 aromatic carbocycles. The summed E-state index contributed by atoms with van der Waals surface area (Å²) in [5.74, 6) is -0.0159. The maximum Gasteiger partial charge on any atom is 0.230 e. The van der Waals surface area contributed by atoms with E-state index < -0.39 is 0 Å². The second kappa shape index (κ2) is 8.94. The lowest BCUT2D eigenvalue weighted by molar-refractivity contribution is -0.115. The Morgan fingerprint density at radius 2 is 2.03 bits per heavy atom. The minimum Gasteiger partial charge on any atom is -0.317 e. The van der Waals surface area contributed by atoms with Gasteiger partial charge in [-0.2, -0.15) is 0 Å². The zero-order valence-corrected chi connectivity index (χ0v) is 20.1. The largest absolute Gasteiger partial charge is 0.317 e. The number of anilines is 1. The summed E-state index contributed by atoms with van der Waals surface area (Å²) in [4.78, 5) is 22.2. The van der Waals surface area contributed by atoms with Crippen LogP contribution in [0, 0.1) is 0 Å². The van der Waals surface area contributed by atoms with Gasteiger partial charge in [0.25, 0.3) is 0 Å². The first-order valence-corrected chi connectivity index (χ1v) is 12.1. The van der Waals surface area contributed by atoms with Crippen LogP contribution < -0.4 is 5.32 Å². The first-order valence-electron chi connectivity index (χ1n) is 9.30. The van der Waals surface area contributed by atoms with Gasteiger partial charge in [-0.15, -0.1) is 46.4 Å². The van der Waals surface area contributed by atoms with E-state index in [9.17, 15) is 4.79 Å². The zero-order valence-electron chi connectivity index (χ0n) is 16.1. The molecule has 5 rings (SSSR count). The molecule has 1 amide bonds. The van der Waals surface area contributed by atoms with Gasteiger partial charge in [-0.05, 0) is 43.3 Å². The molecule has 30 heavy (non-hydrogen) atoms. The van der Waals surface area contributed by atoms with E-state index in [1.54, 1.807) is 22.7 Å². The fourth-order valence-corrected chi connectivity index (χ4v) is 7.14. The van der Waals surface area contributed by atoms with Crippen LogP contribution in [0.3, 0.4) is 0 Å². The third-order valence-corrected chi connectivity index (χ3v) is 8.39. The minimum atomic E-state index is -0.0159. The number of likely N-dealkylation sites (N-methyl/N-ethyl adjacent to an activating group) is 1. The number of hydrogen-bond donors (Lipinski definition) is 1. The van der Waals surface area contributed by atoms with E-state index in [4.69, 9.17) is 16.6 Å². The van der Waals surface area contributed by atoms with E-state index in [1.807, 2.05) is 30.3 Å². The Morgan fingerprint density at radius 1 is 1.20 bits per heavy atom. The molecule has 4 aromatic rings. The van der Waals surface area contributed by atoms with E-state index in [2.05, 4.69) is 23.3 Å². The highest BCUT2D eigenvalue weighted by Gasteiger charge is 2.26. The lowest BCUT2D eigenvalue weighted by Gasteiger charge is -2.22. The van der Waals surface area contributed by atoms with Gasteiger partial charge in [0.1, 0.15) is 10.0 Å². The van der Waals surface area contributed by atoms with Gasteiger partial charge < -0.3 is 10.2 Å². The summed E-state index contributed by atoms with van der Waals surface area (Å²) < 4.78 is 1.87. The van der Waals surface area contributed by atoms with Crippen LogP contribution in [0.2, 0.25) is 4.34 Å². The lowest BCUT2D eigenvalue weighted by Crippen LogP contribution is -2.25. The molecule has 4 heterocycles. The fourth-order valence-electron chi connectivity index (χ4n) is 3.60. The summed E-state index contributed by atoms with van der Waals surface area (Å²) in [6.45, 7) is 1.93. The number of benzene rings is 1. The quantitative estimate of drug-likeness (QED) is 0.359. The van der Waals surface area contributed by atoms with Gasteiger partial charge in [0, 0.05) is 28.4 Å². The summed E-state index contributed by atoms with van der Waals surface area (Å²) in [5.41, 5.74) is 3.45. The number of fused-ring (bicyclic) bond motifs is 2. The van der Waals surface area contributed by atoms with Crippen molar-refractivity contribution in [2.75, 3.05) is 18.9 Å². The summed E-state index contributed by atoms with van der Waals surface area (Å²) in [7, 11) is 2.14. The van der Waals surface area contributed by atoms with Crippen molar-refractivity contribution in [3.8, 4) is 10.6 Å². The number of aromatic nitrogens is 1. The molecule has 0 atom stereocenters. The predicted molar refractivity (Wildman–Crippen MR) is 132 cm³/mol. The van der Waals surface area contributed by atoms with Gasteiger partial charge in [0.2, 0.25) is 5.91 Å². The summed E-state index contributed by atoms with van der Waals surface area (Å²) in [6.07, 6.45) is 1.31. The Kier molecular flexibility index (Phi) is 6.48. The maximum atomic E-state index is 12.8. The number of thiazole rings is 1. The molecule has 0 bridgehead atoms. The Labute approximate surface area is 197 Å². The van der Waals surface area contributed by atoms with E-state index in [-0.39, 0.29) is 18.3 Å². The number of carbonyl (C=O) groups is 1. The minimum absolute atomic E-state index is 0. The van der Waals surface area contributed by atoms with Crippen LogP contribution in [0.5, 0.6) is 0 Å². The number of nitrogens with zero attached hydrogens (tertiary/aromatic N) is 2. The molecule has 0 spiro atoms. The molecule has 0 unspecified atom stereocenters. The van der Waals surface area contributed by atoms with Crippen molar-refractivity contribution in [1.29, 1.82) is 0 Å². The van der Waals surface area contributed by atoms with Crippen molar-refractivity contribution in [1.82, 2.24) is 9.88 Å². The molecule has 0 saturated carbocycles. The molecular formula is C21H19Cl2N3OS3. The Balaban J connectivity index is 0.00000218. The molecule has 1 aliphatic rings. The van der Waals surface area contributed by atoms with E-state index in [0.29, 0.717) is 10.8 Å². The van der Waals surface area contributed by atoms with Gasteiger partial charge in [-0.3, -0.25) is 4.79 Å². The molecule has 0 saturated heterocycles. The Bertz CT molecular complexity index is 1180. The lowest BCUT2D eigenvalue weighted by atomic mass is 10.0. The van der Waals surface area contributed by atoms with Gasteiger partial charge in [0.05, 0.1) is 21.0 Å². The van der Waals surface area contributed by atoms with Gasteiger partial charge in [0.15, 0.2) is 0 Å². The number of rotatable bonds is 4. The van der Waals surface area contributed by atoms with Crippen molar-refractivity contribution in [3.05, 3.63) is 56.1 Å². The molecule has 156 valence electrons. The van der Waals surface area contributed by atoms with Gasteiger partial charge in [-0.1, -0.05) is 23.7 Å². The van der Waals surface area contributed by atoms with Crippen LogP contribution in [0.15, 0.2) is 36.4 Å². The highest BCUT2D eigenvalue weighted by Crippen LogP contribution is 2.45. The maximum absolute atomic E-state index is 12.8. The smallest absolute Gasteiger partial charge is 0.230 e. The molecule has 0 aliphatic carbocycles. The van der Waals surface area contributed by atoms with Crippen LogP contribution >= 0.6 is 58.0 Å². The van der Waals surface area contributed by atoms with Crippen LogP contribution in [0.4, 0.5) is 5.00 Å². The summed E-state index contributed by atoms with van der Waals surface area (Å²) in [6, 6.07) is 11.9. The second-order valence-corrected chi connectivity index (χ2v) is 11.0. The van der Waals surface area contributed by atoms with Crippen LogP contribution in [-0.4, -0.2) is 29.4 Å². The molecular weight excluding hydrogens is 477 g/mol. The van der Waals surface area contributed by atoms with Crippen molar-refractivity contribution in [2.24, 2.45) is 0 Å². The fraction of sp³-hybridized carbons (Fsp3) is 0.238. The highest BCUT2D eigenvalue weighted by molar-refractivity contribution is 7.23.